The first-order valence-corrected chi connectivity index (χ1v) is 15.6. The summed E-state index contributed by atoms with van der Waals surface area (Å²) in [4.78, 5) is 47.3. The van der Waals surface area contributed by atoms with Crippen LogP contribution in [-0.2, 0) is 20.9 Å². The van der Waals surface area contributed by atoms with Crippen LogP contribution in [0, 0.1) is 23.7 Å². The highest BCUT2D eigenvalue weighted by atomic mass is 16.3. The maximum atomic E-state index is 13.8. The lowest BCUT2D eigenvalue weighted by Crippen LogP contribution is -2.51. The predicted molar refractivity (Wildman–Crippen MR) is 158 cm³/mol. The molecule has 230 valence electrons. The van der Waals surface area contributed by atoms with E-state index in [1.54, 1.807) is 26.4 Å². The van der Waals surface area contributed by atoms with Gasteiger partial charge in [0.2, 0.25) is 17.7 Å². The number of carbonyl (C=O) groups excluding carboxylic acids is 3. The van der Waals surface area contributed by atoms with E-state index in [2.05, 4.69) is 10.3 Å². The summed E-state index contributed by atoms with van der Waals surface area (Å²) in [7, 11) is 3.31. The van der Waals surface area contributed by atoms with E-state index in [-0.39, 0.29) is 43.1 Å². The molecule has 9 nitrogen and oxygen atoms in total. The Morgan fingerprint density at radius 1 is 0.976 bits per heavy atom. The van der Waals surface area contributed by atoms with E-state index in [0.29, 0.717) is 36.8 Å². The average Bonchev–Trinajstić information content (AvgIpc) is 3.76. The molecule has 2 aliphatic rings. The van der Waals surface area contributed by atoms with Gasteiger partial charge in [0.15, 0.2) is 0 Å². The van der Waals surface area contributed by atoms with Gasteiger partial charge >= 0.3 is 0 Å². The van der Waals surface area contributed by atoms with Crippen molar-refractivity contribution in [3.63, 3.8) is 0 Å². The van der Waals surface area contributed by atoms with Crippen molar-refractivity contribution in [2.45, 2.75) is 109 Å². The fraction of sp³-hybridized carbons (Fsp3) is 0.750. The van der Waals surface area contributed by atoms with E-state index >= 15 is 0 Å². The summed E-state index contributed by atoms with van der Waals surface area (Å²) >= 11 is 0. The van der Waals surface area contributed by atoms with Gasteiger partial charge in [0, 0.05) is 32.6 Å². The number of rotatable bonds is 16. The summed E-state index contributed by atoms with van der Waals surface area (Å²) in [6, 6.07) is 4.88. The molecular weight excluding hydrogens is 520 g/mol. The minimum absolute atomic E-state index is 0.0172. The zero-order valence-electron chi connectivity index (χ0n) is 25.5. The van der Waals surface area contributed by atoms with Gasteiger partial charge in [-0.25, -0.2) is 0 Å². The number of hydrogen-bond acceptors (Lipinski definition) is 6. The average molecular weight is 573 g/mol. The van der Waals surface area contributed by atoms with Crippen LogP contribution in [0.4, 0.5) is 0 Å². The number of aromatic nitrogens is 1. The Morgan fingerprint density at radius 2 is 1.66 bits per heavy atom. The molecule has 0 bridgehead atoms. The van der Waals surface area contributed by atoms with E-state index in [1.807, 2.05) is 26.0 Å². The van der Waals surface area contributed by atoms with Gasteiger partial charge in [0.05, 0.1) is 24.4 Å². The van der Waals surface area contributed by atoms with E-state index in [0.717, 1.165) is 38.5 Å². The second kappa shape index (κ2) is 16.2. The molecule has 0 radical (unpaired) electrons. The van der Waals surface area contributed by atoms with E-state index in [1.165, 1.54) is 16.2 Å². The lowest BCUT2D eigenvalue weighted by atomic mass is 9.82. The third kappa shape index (κ3) is 11.3. The molecule has 1 heterocycles. The molecule has 41 heavy (non-hydrogen) atoms. The minimum atomic E-state index is -1.07. The zero-order chi connectivity index (χ0) is 29.9. The van der Waals surface area contributed by atoms with Crippen molar-refractivity contribution in [2.24, 2.45) is 23.7 Å². The smallest absolute Gasteiger partial charge is 0.241 e. The summed E-state index contributed by atoms with van der Waals surface area (Å²) in [6.07, 6.45) is 9.00. The van der Waals surface area contributed by atoms with Gasteiger partial charge in [0.1, 0.15) is 12.6 Å². The molecule has 0 aliphatic heterocycles. The number of pyridine rings is 1. The number of carbonyl (C=O) groups is 3. The van der Waals surface area contributed by atoms with Crippen LogP contribution in [0.25, 0.3) is 0 Å². The number of likely N-dealkylation sites (N-methyl/N-ethyl adjacent to an activating group) is 1. The second-order valence-electron chi connectivity index (χ2n) is 13.0. The fourth-order valence-electron chi connectivity index (χ4n) is 5.86. The normalized spacial score (nSPS) is 18.8. The topological polar surface area (TPSA) is 123 Å². The highest BCUT2D eigenvalue weighted by Gasteiger charge is 2.36. The molecule has 9 heteroatoms. The molecule has 1 aromatic heterocycles. The lowest BCUT2D eigenvalue weighted by Gasteiger charge is -2.34. The highest BCUT2D eigenvalue weighted by molar-refractivity contribution is 5.88. The Balaban J connectivity index is 1.75. The third-order valence-electron chi connectivity index (χ3n) is 8.52. The van der Waals surface area contributed by atoms with Gasteiger partial charge in [-0.15, -0.1) is 0 Å². The number of hydrogen-bond donors (Lipinski definition) is 3. The van der Waals surface area contributed by atoms with Crippen LogP contribution in [0.3, 0.4) is 0 Å². The lowest BCUT2D eigenvalue weighted by molar-refractivity contribution is -0.142. The number of nitrogens with zero attached hydrogens (tertiary/aromatic N) is 3. The monoisotopic (exact) mass is 572 g/mol. The van der Waals surface area contributed by atoms with Gasteiger partial charge in [-0.3, -0.25) is 19.4 Å². The fourth-order valence-corrected chi connectivity index (χ4v) is 5.86. The van der Waals surface area contributed by atoms with Gasteiger partial charge in [-0.2, -0.15) is 0 Å². The summed E-state index contributed by atoms with van der Waals surface area (Å²) in [6.45, 7) is 4.09. The molecule has 2 fully saturated rings. The maximum Gasteiger partial charge on any atom is 0.241 e. The molecule has 0 spiro atoms. The molecule has 4 atom stereocenters. The first-order chi connectivity index (χ1) is 19.5. The first kappa shape index (κ1) is 33.0. The van der Waals surface area contributed by atoms with Crippen LogP contribution in [0.5, 0.6) is 0 Å². The van der Waals surface area contributed by atoms with Gasteiger partial charge < -0.3 is 25.3 Å². The molecule has 0 unspecified atom stereocenters. The van der Waals surface area contributed by atoms with Gasteiger partial charge in [-0.05, 0) is 49.1 Å². The molecule has 3 rings (SSSR count). The van der Waals surface area contributed by atoms with Crippen LogP contribution in [0.15, 0.2) is 24.4 Å². The van der Waals surface area contributed by atoms with Crippen molar-refractivity contribution >= 4 is 17.7 Å². The van der Waals surface area contributed by atoms with Gasteiger partial charge in [0.25, 0.3) is 0 Å². The number of amides is 3. The minimum Gasteiger partial charge on any atom is -0.390 e. The van der Waals surface area contributed by atoms with Crippen molar-refractivity contribution in [3.8, 4) is 0 Å². The Labute approximate surface area is 246 Å². The Hall–Kier alpha value is -2.52. The van der Waals surface area contributed by atoms with E-state index < -0.39 is 24.2 Å². The summed E-state index contributed by atoms with van der Waals surface area (Å²) in [5, 5.41) is 25.1. The Bertz CT molecular complexity index is 962. The second-order valence-corrected chi connectivity index (χ2v) is 13.0. The highest BCUT2D eigenvalue weighted by Crippen LogP contribution is 2.37. The molecule has 3 amide bonds. The molecule has 0 saturated heterocycles. The van der Waals surface area contributed by atoms with Crippen LogP contribution in [-0.4, -0.2) is 81.6 Å². The van der Waals surface area contributed by atoms with Crippen molar-refractivity contribution in [1.82, 2.24) is 20.1 Å². The van der Waals surface area contributed by atoms with Crippen LogP contribution in [0.2, 0.25) is 0 Å². The third-order valence-corrected chi connectivity index (χ3v) is 8.52. The van der Waals surface area contributed by atoms with Crippen molar-refractivity contribution in [1.29, 1.82) is 0 Å². The van der Waals surface area contributed by atoms with Crippen LogP contribution in [0.1, 0.15) is 90.2 Å². The largest absolute Gasteiger partial charge is 0.390 e. The van der Waals surface area contributed by atoms with E-state index in [9.17, 15) is 24.6 Å². The van der Waals surface area contributed by atoms with Gasteiger partial charge in [-0.1, -0.05) is 64.9 Å². The molecule has 1 aromatic rings. The quantitative estimate of drug-likeness (QED) is 0.279. The predicted octanol–water partition coefficient (Wildman–Crippen LogP) is 3.53. The first-order valence-electron chi connectivity index (χ1n) is 15.6. The molecule has 3 N–H and O–H groups in total. The summed E-state index contributed by atoms with van der Waals surface area (Å²) in [5.74, 6) is -0.287. The maximum absolute atomic E-state index is 13.8. The van der Waals surface area contributed by atoms with Crippen molar-refractivity contribution in [2.75, 3.05) is 20.6 Å². The number of aliphatic hydroxyl groups is 2. The Morgan fingerprint density at radius 3 is 2.24 bits per heavy atom. The van der Waals surface area contributed by atoms with Crippen LogP contribution >= 0.6 is 0 Å². The molecule has 2 aliphatic carbocycles. The zero-order valence-corrected chi connectivity index (χ0v) is 25.5. The molecule has 0 aromatic carbocycles. The molecule has 2 saturated carbocycles. The summed E-state index contributed by atoms with van der Waals surface area (Å²) < 4.78 is 0. The molecular formula is C32H52N4O5. The SMILES string of the molecule is CC(C)C[C@H](O)[C@H](O)[C@H](CC1CCCCC1)NC(=O)[C@@H](CC(=O)N(CC(=O)N(C)C)Cc1ccccn1)CC1CC1. The number of aliphatic hydroxyl groups excluding tert-OH is 2. The van der Waals surface area contributed by atoms with Crippen LogP contribution < -0.4 is 5.32 Å². The summed E-state index contributed by atoms with van der Waals surface area (Å²) in [5.41, 5.74) is 0.672. The van der Waals surface area contributed by atoms with E-state index in [4.69, 9.17) is 0 Å². The Kier molecular flexibility index (Phi) is 13.0. The number of nitrogens with one attached hydrogen (secondary N) is 1. The van der Waals surface area contributed by atoms with Crippen molar-refractivity contribution < 1.29 is 24.6 Å². The standard InChI is InChI=1S/C32H52N4O5/c1-22(2)16-28(37)31(40)27(18-23-10-6-5-7-11-23)34-32(41)25(17-24-13-14-24)19-29(38)36(21-30(39)35(3)4)20-26-12-8-9-15-33-26/h8-9,12,15,22-25,27-28,31,37,40H,5-7,10-11,13-14,16-21H2,1-4H3,(H,34,41)/t25-,27+,28+,31-/m1/s1. The van der Waals surface area contributed by atoms with Crippen molar-refractivity contribution in [3.05, 3.63) is 30.1 Å².